The van der Waals surface area contributed by atoms with Crippen molar-refractivity contribution in [2.75, 3.05) is 18.9 Å². The van der Waals surface area contributed by atoms with E-state index in [4.69, 9.17) is 10.5 Å². The maximum absolute atomic E-state index is 10.3. The molecular weight excluding hydrogens is 270 g/mol. The maximum atomic E-state index is 10.3. The van der Waals surface area contributed by atoms with Gasteiger partial charge >= 0.3 is 0 Å². The van der Waals surface area contributed by atoms with Crippen molar-refractivity contribution in [3.63, 3.8) is 0 Å². The second kappa shape index (κ2) is 4.42. The maximum Gasteiger partial charge on any atom is 0.196 e. The molecular formula is C14H13N5O2. The van der Waals surface area contributed by atoms with Crippen molar-refractivity contribution in [3.05, 3.63) is 36.2 Å². The summed E-state index contributed by atoms with van der Waals surface area (Å²) in [6.07, 6.45) is 1.59. The van der Waals surface area contributed by atoms with Crippen LogP contribution in [0.1, 0.15) is 11.6 Å². The zero-order valence-corrected chi connectivity index (χ0v) is 11.1. The third-order valence-corrected chi connectivity index (χ3v) is 3.64. The highest BCUT2D eigenvalue weighted by molar-refractivity contribution is 5.79. The molecule has 0 atom stereocenters. The van der Waals surface area contributed by atoms with Crippen LogP contribution in [0.15, 0.2) is 30.5 Å². The summed E-state index contributed by atoms with van der Waals surface area (Å²) >= 11 is 0. The molecule has 3 aromatic heterocycles. The standard InChI is InChI=1S/C14H13N5O2/c15-12-9(2-1-5-16-12)13-18-11-4-3-10(8-6-21-7-8)17-14(11)19(13)20/h1-5,8,20H,6-7H2,(H2,15,16). The first kappa shape index (κ1) is 12.1. The van der Waals surface area contributed by atoms with Crippen LogP contribution < -0.4 is 5.73 Å². The fourth-order valence-corrected chi connectivity index (χ4v) is 2.38. The second-order valence-electron chi connectivity index (χ2n) is 5.00. The molecule has 0 bridgehead atoms. The highest BCUT2D eigenvalue weighted by atomic mass is 16.5. The monoisotopic (exact) mass is 283 g/mol. The second-order valence-corrected chi connectivity index (χ2v) is 5.00. The van der Waals surface area contributed by atoms with Crippen LogP contribution in [0.2, 0.25) is 0 Å². The van der Waals surface area contributed by atoms with Crippen LogP contribution in [-0.4, -0.2) is 38.1 Å². The summed E-state index contributed by atoms with van der Waals surface area (Å²) in [6.45, 7) is 1.33. The topological polar surface area (TPSA) is 99.1 Å². The molecule has 0 aliphatic carbocycles. The van der Waals surface area contributed by atoms with Crippen molar-refractivity contribution >= 4 is 17.0 Å². The van der Waals surface area contributed by atoms with Crippen molar-refractivity contribution in [2.45, 2.75) is 5.92 Å². The molecule has 7 nitrogen and oxygen atoms in total. The van der Waals surface area contributed by atoms with Gasteiger partial charge in [0.05, 0.1) is 24.5 Å². The average molecular weight is 283 g/mol. The van der Waals surface area contributed by atoms with Crippen molar-refractivity contribution in [2.24, 2.45) is 0 Å². The number of nitrogens with two attached hydrogens (primary N) is 1. The number of pyridine rings is 2. The van der Waals surface area contributed by atoms with Gasteiger partial charge in [-0.25, -0.2) is 15.0 Å². The summed E-state index contributed by atoms with van der Waals surface area (Å²) < 4.78 is 6.14. The predicted molar refractivity (Wildman–Crippen MR) is 75.9 cm³/mol. The molecule has 0 aromatic carbocycles. The molecule has 0 saturated carbocycles. The molecule has 106 valence electrons. The van der Waals surface area contributed by atoms with E-state index in [0.717, 1.165) is 10.4 Å². The lowest BCUT2D eigenvalue weighted by atomic mass is 10.0. The van der Waals surface area contributed by atoms with Crippen LogP contribution >= 0.6 is 0 Å². The molecule has 1 aliphatic rings. The molecule has 0 radical (unpaired) electrons. The summed E-state index contributed by atoms with van der Waals surface area (Å²) in [7, 11) is 0. The summed E-state index contributed by atoms with van der Waals surface area (Å²) in [5.41, 5.74) is 8.34. The van der Waals surface area contributed by atoms with Crippen LogP contribution in [0.3, 0.4) is 0 Å². The number of imidazole rings is 1. The molecule has 1 fully saturated rings. The number of hydrogen-bond acceptors (Lipinski definition) is 6. The van der Waals surface area contributed by atoms with E-state index in [2.05, 4.69) is 15.0 Å². The van der Waals surface area contributed by atoms with Crippen LogP contribution in [0.25, 0.3) is 22.6 Å². The first-order valence-electron chi connectivity index (χ1n) is 6.61. The lowest BCUT2D eigenvalue weighted by Crippen LogP contribution is -2.26. The summed E-state index contributed by atoms with van der Waals surface area (Å²) in [6, 6.07) is 7.27. The van der Waals surface area contributed by atoms with E-state index in [-0.39, 0.29) is 5.92 Å². The number of fused-ring (bicyclic) bond motifs is 1. The Balaban J connectivity index is 1.88. The summed E-state index contributed by atoms with van der Waals surface area (Å²) in [5.74, 6) is 0.942. The fraction of sp³-hybridized carbons (Fsp3) is 0.214. The van der Waals surface area contributed by atoms with Gasteiger partial charge < -0.3 is 15.7 Å². The van der Waals surface area contributed by atoms with Crippen molar-refractivity contribution in [1.29, 1.82) is 0 Å². The van der Waals surface area contributed by atoms with Gasteiger partial charge in [-0.05, 0) is 24.3 Å². The Morgan fingerprint density at radius 1 is 1.24 bits per heavy atom. The Bertz CT molecular complexity index is 825. The minimum atomic E-state index is 0.288. The van der Waals surface area contributed by atoms with E-state index in [1.165, 1.54) is 0 Å². The van der Waals surface area contributed by atoms with Crippen LogP contribution in [0, 0.1) is 0 Å². The number of ether oxygens (including phenoxy) is 1. The number of nitrogens with zero attached hydrogens (tertiary/aromatic N) is 4. The van der Waals surface area contributed by atoms with Gasteiger partial charge in [0.1, 0.15) is 11.3 Å². The lowest BCUT2D eigenvalue weighted by Gasteiger charge is -2.25. The van der Waals surface area contributed by atoms with E-state index >= 15 is 0 Å². The molecule has 1 saturated heterocycles. The SMILES string of the molecule is Nc1ncccc1-c1nc2ccc(C3COC3)nc2n1O. The normalized spacial score (nSPS) is 15.2. The Kier molecular flexibility index (Phi) is 2.55. The number of anilines is 1. The van der Waals surface area contributed by atoms with Gasteiger partial charge in [-0.15, -0.1) is 4.73 Å². The van der Waals surface area contributed by atoms with Gasteiger partial charge in [-0.3, -0.25) is 0 Å². The highest BCUT2D eigenvalue weighted by Crippen LogP contribution is 2.28. The van der Waals surface area contributed by atoms with Crippen molar-refractivity contribution < 1.29 is 9.94 Å². The quantitative estimate of drug-likeness (QED) is 0.690. The van der Waals surface area contributed by atoms with E-state index in [1.54, 1.807) is 18.3 Å². The molecule has 21 heavy (non-hydrogen) atoms. The largest absolute Gasteiger partial charge is 0.425 e. The van der Waals surface area contributed by atoms with Crippen LogP contribution in [-0.2, 0) is 4.74 Å². The lowest BCUT2D eigenvalue weighted by molar-refractivity contribution is 0.00676. The smallest absolute Gasteiger partial charge is 0.196 e. The molecule has 4 heterocycles. The Morgan fingerprint density at radius 3 is 2.81 bits per heavy atom. The molecule has 7 heteroatoms. The van der Waals surface area contributed by atoms with Gasteiger partial charge in [-0.1, -0.05) is 0 Å². The Hall–Kier alpha value is -2.67. The summed E-state index contributed by atoms with van der Waals surface area (Å²) in [4.78, 5) is 12.9. The first-order valence-corrected chi connectivity index (χ1v) is 6.61. The number of rotatable bonds is 2. The van der Waals surface area contributed by atoms with Gasteiger partial charge in [0.25, 0.3) is 0 Å². The first-order chi connectivity index (χ1) is 10.2. The van der Waals surface area contributed by atoms with E-state index in [1.807, 2.05) is 12.1 Å². The van der Waals surface area contributed by atoms with Gasteiger partial charge in [-0.2, -0.15) is 0 Å². The van der Waals surface area contributed by atoms with E-state index in [0.29, 0.717) is 41.6 Å². The molecule has 0 amide bonds. The minimum Gasteiger partial charge on any atom is -0.425 e. The Morgan fingerprint density at radius 2 is 2.10 bits per heavy atom. The number of hydrogen-bond donors (Lipinski definition) is 2. The van der Waals surface area contributed by atoms with Gasteiger partial charge in [0.2, 0.25) is 0 Å². The molecule has 1 aliphatic heterocycles. The van der Waals surface area contributed by atoms with Gasteiger partial charge in [0, 0.05) is 12.1 Å². The molecule has 0 unspecified atom stereocenters. The van der Waals surface area contributed by atoms with Crippen molar-refractivity contribution in [3.8, 4) is 11.4 Å². The molecule has 4 rings (SSSR count). The van der Waals surface area contributed by atoms with E-state index < -0.39 is 0 Å². The third kappa shape index (κ3) is 1.82. The summed E-state index contributed by atoms with van der Waals surface area (Å²) in [5, 5.41) is 10.3. The number of aromatic nitrogens is 4. The van der Waals surface area contributed by atoms with Gasteiger partial charge in [0.15, 0.2) is 11.5 Å². The molecule has 3 aromatic rings. The molecule has 0 spiro atoms. The highest BCUT2D eigenvalue weighted by Gasteiger charge is 2.23. The van der Waals surface area contributed by atoms with Crippen LogP contribution in [0.5, 0.6) is 0 Å². The average Bonchev–Trinajstić information content (AvgIpc) is 2.75. The predicted octanol–water partition coefficient (Wildman–Crippen LogP) is 1.43. The number of nitrogen functional groups attached to an aromatic ring is 1. The van der Waals surface area contributed by atoms with Crippen LogP contribution in [0.4, 0.5) is 5.82 Å². The third-order valence-electron chi connectivity index (χ3n) is 3.64. The zero-order valence-electron chi connectivity index (χ0n) is 11.1. The molecule has 3 N–H and O–H groups in total. The fourth-order valence-electron chi connectivity index (χ4n) is 2.38. The van der Waals surface area contributed by atoms with Crippen molar-refractivity contribution in [1.82, 2.24) is 19.7 Å². The zero-order chi connectivity index (χ0) is 14.4. The minimum absolute atomic E-state index is 0.288. The Labute approximate surface area is 120 Å². The van der Waals surface area contributed by atoms with E-state index in [9.17, 15) is 5.21 Å².